The van der Waals surface area contributed by atoms with E-state index >= 15 is 0 Å². The van der Waals surface area contributed by atoms with Gasteiger partial charge in [0.05, 0.1) is 12.0 Å². The van der Waals surface area contributed by atoms with Crippen molar-refractivity contribution in [3.05, 3.63) is 48.4 Å². The molecule has 11 heteroatoms. The number of methoxy groups -OCH3 is 1. The van der Waals surface area contributed by atoms with Gasteiger partial charge in [-0.15, -0.1) is 0 Å². The SMILES string of the molecule is COc1ccc(S(=O)(=O)NCCn2c(C(F)(F)F)nc3cccnc32)cc1. The van der Waals surface area contributed by atoms with Crippen LogP contribution in [0.1, 0.15) is 5.82 Å². The smallest absolute Gasteiger partial charge is 0.449 e. The second kappa shape index (κ2) is 7.16. The predicted molar refractivity (Wildman–Crippen MR) is 90.7 cm³/mol. The standard InChI is InChI=1S/C16H15F3N4O3S/c1-26-11-4-6-12(7-5-11)27(24,25)21-9-10-23-14-13(3-2-8-20-14)22-15(23)16(17,18)19/h2-8,21H,9-10H2,1H3. The van der Waals surface area contributed by atoms with Crippen LogP contribution in [0, 0.1) is 0 Å². The summed E-state index contributed by atoms with van der Waals surface area (Å²) in [5, 5.41) is 0. The number of halogens is 3. The second-order valence-corrected chi connectivity index (χ2v) is 7.27. The zero-order chi connectivity index (χ0) is 19.7. The molecule has 0 fully saturated rings. The molecule has 0 aliphatic heterocycles. The average molecular weight is 400 g/mol. The van der Waals surface area contributed by atoms with Crippen molar-refractivity contribution >= 4 is 21.2 Å². The van der Waals surface area contributed by atoms with Crippen molar-refractivity contribution in [3.63, 3.8) is 0 Å². The molecule has 144 valence electrons. The quantitative estimate of drug-likeness (QED) is 0.687. The van der Waals surface area contributed by atoms with E-state index in [9.17, 15) is 21.6 Å². The highest BCUT2D eigenvalue weighted by atomic mass is 32.2. The van der Waals surface area contributed by atoms with Gasteiger partial charge in [0, 0.05) is 19.3 Å². The highest BCUT2D eigenvalue weighted by molar-refractivity contribution is 7.89. The molecule has 7 nitrogen and oxygen atoms in total. The summed E-state index contributed by atoms with van der Waals surface area (Å²) in [6.07, 6.45) is -3.34. The Hall–Kier alpha value is -2.66. The van der Waals surface area contributed by atoms with Gasteiger partial charge in [-0.05, 0) is 36.4 Å². The van der Waals surface area contributed by atoms with Crippen LogP contribution in [0.4, 0.5) is 13.2 Å². The molecule has 3 aromatic rings. The third-order valence-corrected chi connectivity index (χ3v) is 5.23. The van der Waals surface area contributed by atoms with Crippen LogP contribution in [0.15, 0.2) is 47.5 Å². The van der Waals surface area contributed by atoms with Crippen molar-refractivity contribution < 1.29 is 26.3 Å². The maximum atomic E-state index is 13.2. The Bertz CT molecular complexity index is 1050. The summed E-state index contributed by atoms with van der Waals surface area (Å²) in [5.74, 6) is -0.639. The zero-order valence-corrected chi connectivity index (χ0v) is 14.9. The molecule has 0 bridgehead atoms. The van der Waals surface area contributed by atoms with Gasteiger partial charge in [-0.2, -0.15) is 13.2 Å². The number of nitrogens with zero attached hydrogens (tertiary/aromatic N) is 3. The van der Waals surface area contributed by atoms with Gasteiger partial charge in [0.15, 0.2) is 5.65 Å². The lowest BCUT2D eigenvalue weighted by atomic mass is 10.3. The number of alkyl halides is 3. The van der Waals surface area contributed by atoms with Crippen LogP contribution in [-0.2, 0) is 22.7 Å². The van der Waals surface area contributed by atoms with E-state index in [4.69, 9.17) is 4.74 Å². The monoisotopic (exact) mass is 400 g/mol. The molecule has 0 radical (unpaired) electrons. The molecule has 0 unspecified atom stereocenters. The maximum absolute atomic E-state index is 13.2. The summed E-state index contributed by atoms with van der Waals surface area (Å²) in [6.45, 7) is -0.544. The number of benzene rings is 1. The minimum Gasteiger partial charge on any atom is -0.497 e. The van der Waals surface area contributed by atoms with E-state index in [1.807, 2.05) is 0 Å². The Morgan fingerprint density at radius 3 is 2.52 bits per heavy atom. The molecule has 0 atom stereocenters. The third kappa shape index (κ3) is 4.03. The minimum atomic E-state index is -4.68. The van der Waals surface area contributed by atoms with Crippen molar-refractivity contribution in [2.75, 3.05) is 13.7 Å². The van der Waals surface area contributed by atoms with E-state index in [2.05, 4.69) is 14.7 Å². The number of fused-ring (bicyclic) bond motifs is 1. The molecule has 1 N–H and O–H groups in total. The molecule has 0 spiro atoms. The van der Waals surface area contributed by atoms with Crippen LogP contribution in [0.3, 0.4) is 0 Å². The molecular weight excluding hydrogens is 385 g/mol. The van der Waals surface area contributed by atoms with Crippen LogP contribution < -0.4 is 9.46 Å². The van der Waals surface area contributed by atoms with E-state index in [0.717, 1.165) is 4.57 Å². The summed E-state index contributed by atoms with van der Waals surface area (Å²) in [6, 6.07) is 8.53. The number of imidazole rings is 1. The number of hydrogen-bond acceptors (Lipinski definition) is 5. The largest absolute Gasteiger partial charge is 0.497 e. The fraction of sp³-hybridized carbons (Fsp3) is 0.250. The van der Waals surface area contributed by atoms with Crippen molar-refractivity contribution in [2.45, 2.75) is 17.6 Å². The first-order chi connectivity index (χ1) is 12.7. The molecule has 0 saturated heterocycles. The van der Waals surface area contributed by atoms with Gasteiger partial charge < -0.3 is 9.30 Å². The second-order valence-electron chi connectivity index (χ2n) is 5.50. The number of ether oxygens (including phenoxy) is 1. The topological polar surface area (TPSA) is 86.1 Å². The fourth-order valence-corrected chi connectivity index (χ4v) is 3.54. The van der Waals surface area contributed by atoms with Crippen molar-refractivity contribution in [2.24, 2.45) is 0 Å². The van der Waals surface area contributed by atoms with Crippen LogP contribution in [-0.4, -0.2) is 36.6 Å². The Morgan fingerprint density at radius 1 is 1.19 bits per heavy atom. The molecule has 0 amide bonds. The van der Waals surface area contributed by atoms with Crippen molar-refractivity contribution in [1.82, 2.24) is 19.3 Å². The van der Waals surface area contributed by atoms with Crippen molar-refractivity contribution in [3.8, 4) is 5.75 Å². The Labute approximate surface area is 152 Å². The third-order valence-electron chi connectivity index (χ3n) is 3.75. The van der Waals surface area contributed by atoms with E-state index in [1.165, 1.54) is 49.7 Å². The van der Waals surface area contributed by atoms with Gasteiger partial charge in [0.1, 0.15) is 11.3 Å². The van der Waals surface area contributed by atoms with Gasteiger partial charge in [0.25, 0.3) is 0 Å². The fourth-order valence-electron chi connectivity index (χ4n) is 2.52. The predicted octanol–water partition coefficient (Wildman–Crippen LogP) is 2.44. The molecule has 2 heterocycles. The number of sulfonamides is 1. The van der Waals surface area contributed by atoms with Gasteiger partial charge in [-0.3, -0.25) is 0 Å². The van der Waals surface area contributed by atoms with E-state index in [1.54, 1.807) is 0 Å². The Kier molecular flexibility index (Phi) is 5.07. The van der Waals surface area contributed by atoms with E-state index in [0.29, 0.717) is 5.75 Å². The van der Waals surface area contributed by atoms with Gasteiger partial charge in [-0.25, -0.2) is 23.1 Å². The van der Waals surface area contributed by atoms with Crippen LogP contribution in [0.25, 0.3) is 11.2 Å². The minimum absolute atomic E-state index is 0.0204. The molecular formula is C16H15F3N4O3S. The molecule has 2 aromatic heterocycles. The number of pyridine rings is 1. The van der Waals surface area contributed by atoms with E-state index in [-0.39, 0.29) is 29.1 Å². The first kappa shape index (κ1) is 19.1. The highest BCUT2D eigenvalue weighted by Crippen LogP contribution is 2.30. The lowest BCUT2D eigenvalue weighted by Crippen LogP contribution is -2.28. The summed E-state index contributed by atoms with van der Waals surface area (Å²) < 4.78 is 72.3. The molecule has 0 saturated carbocycles. The van der Waals surface area contributed by atoms with Gasteiger partial charge in [-0.1, -0.05) is 0 Å². The van der Waals surface area contributed by atoms with Crippen LogP contribution >= 0.6 is 0 Å². The highest BCUT2D eigenvalue weighted by Gasteiger charge is 2.37. The summed E-state index contributed by atoms with van der Waals surface area (Å²) in [4.78, 5) is 7.46. The lowest BCUT2D eigenvalue weighted by Gasteiger charge is -2.12. The normalized spacial score (nSPS) is 12.4. The number of aromatic nitrogens is 3. The lowest BCUT2D eigenvalue weighted by molar-refractivity contribution is -0.146. The first-order valence-electron chi connectivity index (χ1n) is 7.74. The van der Waals surface area contributed by atoms with Crippen LogP contribution in [0.2, 0.25) is 0 Å². The summed E-state index contributed by atoms with van der Waals surface area (Å²) in [5.41, 5.74) is 0.122. The average Bonchev–Trinajstić information content (AvgIpc) is 3.01. The van der Waals surface area contributed by atoms with Crippen molar-refractivity contribution in [1.29, 1.82) is 0 Å². The Morgan fingerprint density at radius 2 is 1.89 bits per heavy atom. The molecule has 3 rings (SSSR count). The molecule has 27 heavy (non-hydrogen) atoms. The number of hydrogen-bond donors (Lipinski definition) is 1. The number of nitrogens with one attached hydrogen (secondary N) is 1. The number of rotatable bonds is 6. The first-order valence-corrected chi connectivity index (χ1v) is 9.23. The summed E-state index contributed by atoms with van der Waals surface area (Å²) in [7, 11) is -2.43. The maximum Gasteiger partial charge on any atom is 0.449 e. The van der Waals surface area contributed by atoms with Gasteiger partial charge in [0.2, 0.25) is 15.8 Å². The Balaban J connectivity index is 1.80. The molecule has 1 aromatic carbocycles. The van der Waals surface area contributed by atoms with E-state index < -0.39 is 22.0 Å². The molecule has 0 aliphatic rings. The van der Waals surface area contributed by atoms with Crippen LogP contribution in [0.5, 0.6) is 5.75 Å². The zero-order valence-electron chi connectivity index (χ0n) is 14.1. The summed E-state index contributed by atoms with van der Waals surface area (Å²) >= 11 is 0. The van der Waals surface area contributed by atoms with Gasteiger partial charge >= 0.3 is 6.18 Å². The molecule has 0 aliphatic carbocycles.